The van der Waals surface area contributed by atoms with Gasteiger partial charge in [0.15, 0.2) is 0 Å². The third kappa shape index (κ3) is 7.14. The lowest BCUT2D eigenvalue weighted by Crippen LogP contribution is -2.54. The highest BCUT2D eigenvalue weighted by Gasteiger charge is 2.31. The number of likely N-dealkylation sites (N-methyl/N-ethyl adjacent to an activating group) is 1. The third-order valence-electron chi connectivity index (χ3n) is 9.61. The standard InChI is InChI=1S/C36H44FN7O2/c1-23-18-44(19-24(2)43(23)4)20-25-8-10-26(11-9-25)27-12-13-28(32(37)15-27)22-46-34-7-5-6-33(34)41-36(45)31-14-29(16-39-35(31)38)30-17-40-42(3)21-30/h8-17,21,23-24,33-34H,5-7,18-20,22H2,1-4H3,(H2,38,39)(H,41,45)/t23?,24?,33-,34-/m0/s1. The summed E-state index contributed by atoms with van der Waals surface area (Å²) in [6, 6.07) is 16.4. The molecule has 2 aromatic carbocycles. The van der Waals surface area contributed by atoms with Crippen LogP contribution in [-0.2, 0) is 24.9 Å². The Morgan fingerprint density at radius 2 is 1.72 bits per heavy atom. The molecule has 46 heavy (non-hydrogen) atoms. The summed E-state index contributed by atoms with van der Waals surface area (Å²) in [5.74, 6) is -0.436. The summed E-state index contributed by atoms with van der Waals surface area (Å²) < 4.78 is 23.1. The molecule has 1 amide bonds. The Kier molecular flexibility index (Phi) is 9.49. The van der Waals surface area contributed by atoms with Gasteiger partial charge in [0.05, 0.1) is 30.5 Å². The van der Waals surface area contributed by atoms with Crippen LogP contribution in [0.2, 0.25) is 0 Å². The summed E-state index contributed by atoms with van der Waals surface area (Å²) in [6.45, 7) is 7.71. The van der Waals surface area contributed by atoms with Crippen LogP contribution in [0.15, 0.2) is 67.1 Å². The van der Waals surface area contributed by atoms with Crippen molar-refractivity contribution in [2.45, 2.75) is 70.5 Å². The third-order valence-corrected chi connectivity index (χ3v) is 9.61. The average molecular weight is 626 g/mol. The van der Waals surface area contributed by atoms with Crippen LogP contribution in [0.4, 0.5) is 10.2 Å². The first-order valence-electron chi connectivity index (χ1n) is 16.1. The summed E-state index contributed by atoms with van der Waals surface area (Å²) in [6.07, 6.45) is 7.45. The Morgan fingerprint density at radius 1 is 0.978 bits per heavy atom. The normalized spacial score (nSPS) is 22.3. The van der Waals surface area contributed by atoms with Gasteiger partial charge in [-0.2, -0.15) is 5.10 Å². The highest BCUT2D eigenvalue weighted by atomic mass is 19.1. The number of ether oxygens (including phenoxy) is 1. The smallest absolute Gasteiger partial charge is 0.255 e. The lowest BCUT2D eigenvalue weighted by Gasteiger charge is -2.42. The molecule has 1 aliphatic heterocycles. The van der Waals surface area contributed by atoms with Crippen molar-refractivity contribution >= 4 is 11.7 Å². The second-order valence-corrected chi connectivity index (χ2v) is 13.0. The first kappa shape index (κ1) is 31.8. The summed E-state index contributed by atoms with van der Waals surface area (Å²) >= 11 is 0. The van der Waals surface area contributed by atoms with Crippen LogP contribution < -0.4 is 11.1 Å². The van der Waals surface area contributed by atoms with Gasteiger partial charge < -0.3 is 15.8 Å². The highest BCUT2D eigenvalue weighted by Crippen LogP contribution is 2.28. The van der Waals surface area contributed by atoms with Crippen molar-refractivity contribution in [1.82, 2.24) is 29.9 Å². The number of aromatic nitrogens is 3. The first-order chi connectivity index (χ1) is 22.1. The summed E-state index contributed by atoms with van der Waals surface area (Å²) in [4.78, 5) is 22.4. The number of amides is 1. The number of hydrogen-bond acceptors (Lipinski definition) is 7. The largest absolute Gasteiger partial charge is 0.383 e. The molecule has 1 aliphatic carbocycles. The Balaban J connectivity index is 1.04. The Morgan fingerprint density at radius 3 is 2.41 bits per heavy atom. The van der Waals surface area contributed by atoms with Gasteiger partial charge in [0, 0.05) is 67.8 Å². The van der Waals surface area contributed by atoms with Gasteiger partial charge in [0.1, 0.15) is 11.6 Å². The van der Waals surface area contributed by atoms with E-state index < -0.39 is 0 Å². The van der Waals surface area contributed by atoms with E-state index in [2.05, 4.69) is 70.4 Å². The minimum Gasteiger partial charge on any atom is -0.383 e. The number of carbonyl (C=O) groups excluding carboxylic acids is 1. The van der Waals surface area contributed by atoms with Crippen molar-refractivity contribution in [3.8, 4) is 22.3 Å². The summed E-state index contributed by atoms with van der Waals surface area (Å²) in [5, 5.41) is 7.28. The minimum atomic E-state index is -0.301. The SMILES string of the molecule is CC1CN(Cc2ccc(-c3ccc(CO[C@H]4CCC[C@@H]4NC(=O)c4cc(-c5cnn(C)c5)cnc4N)c(F)c3)cc2)CC(C)N1C. The van der Waals surface area contributed by atoms with Crippen LogP contribution in [0.5, 0.6) is 0 Å². The van der Waals surface area contributed by atoms with Gasteiger partial charge in [0.2, 0.25) is 0 Å². The number of nitrogens with one attached hydrogen (secondary N) is 1. The zero-order valence-corrected chi connectivity index (χ0v) is 27.1. The van der Waals surface area contributed by atoms with E-state index in [9.17, 15) is 4.79 Å². The molecule has 3 heterocycles. The van der Waals surface area contributed by atoms with Crippen LogP contribution in [0.1, 0.15) is 54.6 Å². The maximum Gasteiger partial charge on any atom is 0.255 e. The van der Waals surface area contributed by atoms with Crippen LogP contribution in [-0.4, -0.2) is 74.8 Å². The predicted octanol–water partition coefficient (Wildman–Crippen LogP) is 5.26. The van der Waals surface area contributed by atoms with E-state index in [1.54, 1.807) is 35.3 Å². The van der Waals surface area contributed by atoms with Gasteiger partial charge in [0.25, 0.3) is 5.91 Å². The van der Waals surface area contributed by atoms with Gasteiger partial charge in [-0.25, -0.2) is 9.37 Å². The topological polar surface area (TPSA) is 102 Å². The van der Waals surface area contributed by atoms with Crippen molar-refractivity contribution in [2.24, 2.45) is 7.05 Å². The predicted molar refractivity (Wildman–Crippen MR) is 178 cm³/mol. The van der Waals surface area contributed by atoms with E-state index in [0.717, 1.165) is 61.2 Å². The second-order valence-electron chi connectivity index (χ2n) is 13.0. The summed E-state index contributed by atoms with van der Waals surface area (Å²) in [5.41, 5.74) is 11.6. The van der Waals surface area contributed by atoms with Crippen LogP contribution in [0, 0.1) is 5.82 Å². The number of nitrogens with two attached hydrogens (primary N) is 1. The van der Waals surface area contributed by atoms with E-state index in [0.29, 0.717) is 23.2 Å². The Labute approximate surface area is 270 Å². The lowest BCUT2D eigenvalue weighted by molar-refractivity contribution is 0.0259. The molecule has 3 N–H and O–H groups in total. The van der Waals surface area contributed by atoms with Crippen LogP contribution in [0.25, 0.3) is 22.3 Å². The number of anilines is 1. The molecule has 6 rings (SSSR count). The molecule has 242 valence electrons. The zero-order valence-electron chi connectivity index (χ0n) is 27.1. The molecule has 2 aliphatic rings. The highest BCUT2D eigenvalue weighted by molar-refractivity contribution is 5.99. The molecule has 2 unspecified atom stereocenters. The minimum absolute atomic E-state index is 0.129. The van der Waals surface area contributed by atoms with Crippen molar-refractivity contribution in [3.05, 3.63) is 89.6 Å². The molecule has 1 saturated heterocycles. The molecule has 0 bridgehead atoms. The number of carbonyl (C=O) groups is 1. The van der Waals surface area contributed by atoms with Crippen LogP contribution >= 0.6 is 0 Å². The van der Waals surface area contributed by atoms with Gasteiger partial charge in [-0.15, -0.1) is 0 Å². The van der Waals surface area contributed by atoms with Gasteiger partial charge in [-0.1, -0.05) is 36.4 Å². The van der Waals surface area contributed by atoms with Gasteiger partial charge >= 0.3 is 0 Å². The average Bonchev–Trinajstić information content (AvgIpc) is 3.68. The maximum atomic E-state index is 15.3. The van der Waals surface area contributed by atoms with Crippen molar-refractivity contribution in [3.63, 3.8) is 0 Å². The molecule has 2 aromatic heterocycles. The molecule has 4 aromatic rings. The quantitative estimate of drug-likeness (QED) is 0.262. The lowest BCUT2D eigenvalue weighted by atomic mass is 10.0. The fourth-order valence-electron chi connectivity index (χ4n) is 6.67. The molecule has 1 saturated carbocycles. The number of nitrogen functional groups attached to an aromatic ring is 1. The number of halogens is 1. The molecular formula is C36H44FN7O2. The first-order valence-corrected chi connectivity index (χ1v) is 16.1. The van der Waals surface area contributed by atoms with Gasteiger partial charge in [-0.05, 0) is 69.0 Å². The molecule has 0 radical (unpaired) electrons. The molecule has 2 fully saturated rings. The summed E-state index contributed by atoms with van der Waals surface area (Å²) in [7, 11) is 4.03. The van der Waals surface area contributed by atoms with Crippen LogP contribution in [0.3, 0.4) is 0 Å². The van der Waals surface area contributed by atoms with Crippen molar-refractivity contribution in [1.29, 1.82) is 0 Å². The Bertz CT molecular complexity index is 1660. The number of pyridine rings is 1. The molecule has 4 atom stereocenters. The molecule has 9 nitrogen and oxygen atoms in total. The second kappa shape index (κ2) is 13.7. The van der Waals surface area contributed by atoms with E-state index in [4.69, 9.17) is 10.5 Å². The molecule has 10 heteroatoms. The molecular weight excluding hydrogens is 581 g/mol. The fourth-order valence-corrected chi connectivity index (χ4v) is 6.67. The molecule has 0 spiro atoms. The number of piperazine rings is 1. The van der Waals surface area contributed by atoms with E-state index in [1.165, 1.54) is 5.56 Å². The Hall–Kier alpha value is -4.12. The number of nitrogens with zero attached hydrogens (tertiary/aromatic N) is 5. The van der Waals surface area contributed by atoms with Gasteiger partial charge in [-0.3, -0.25) is 19.3 Å². The maximum absolute atomic E-state index is 15.3. The number of aryl methyl sites for hydroxylation is 1. The number of benzene rings is 2. The fraction of sp³-hybridized carbons (Fsp3) is 0.417. The van der Waals surface area contributed by atoms with Crippen molar-refractivity contribution in [2.75, 3.05) is 25.9 Å². The van der Waals surface area contributed by atoms with Crippen molar-refractivity contribution < 1.29 is 13.9 Å². The van der Waals surface area contributed by atoms with E-state index >= 15 is 4.39 Å². The monoisotopic (exact) mass is 625 g/mol. The van der Waals surface area contributed by atoms with E-state index in [1.807, 2.05) is 19.3 Å². The number of hydrogen-bond donors (Lipinski definition) is 2. The zero-order chi connectivity index (χ0) is 32.4. The number of rotatable bonds is 9. The van der Waals surface area contributed by atoms with E-state index in [-0.39, 0.29) is 36.3 Å².